The van der Waals surface area contributed by atoms with Gasteiger partial charge in [0, 0.05) is 19.5 Å². The quantitative estimate of drug-likeness (QED) is 0.905. The first-order valence-corrected chi connectivity index (χ1v) is 8.26. The number of anilines is 1. The number of hydrogen-bond donors (Lipinski definition) is 1. The Morgan fingerprint density at radius 3 is 2.71 bits per heavy atom. The van der Waals surface area contributed by atoms with Gasteiger partial charge in [0.05, 0.1) is 24.2 Å². The average molecular weight is 289 g/mol. The Hall–Kier alpha value is -1.16. The lowest BCUT2D eigenvalue weighted by molar-refractivity contribution is 0.275. The minimum absolute atomic E-state index is 0.0152. The van der Waals surface area contributed by atoms with E-state index in [9.17, 15) is 5.11 Å². The number of rotatable bonds is 5. The Bertz CT molecular complexity index is 503. The Morgan fingerprint density at radius 1 is 1.33 bits per heavy atom. The van der Waals surface area contributed by atoms with E-state index in [1.54, 1.807) is 0 Å². The van der Waals surface area contributed by atoms with Gasteiger partial charge in [-0.3, -0.25) is 0 Å². The fourth-order valence-corrected chi connectivity index (χ4v) is 4.19. The van der Waals surface area contributed by atoms with Crippen LogP contribution in [-0.2, 0) is 6.61 Å². The maximum absolute atomic E-state index is 9.62. The molecule has 2 aliphatic rings. The minimum atomic E-state index is -0.0152. The molecule has 3 unspecified atom stereocenters. The molecule has 0 amide bonds. The van der Waals surface area contributed by atoms with E-state index in [1.165, 1.54) is 25.7 Å². The summed E-state index contributed by atoms with van der Waals surface area (Å²) in [6, 6.07) is 0. The molecule has 0 aliphatic heterocycles. The first-order chi connectivity index (χ1) is 10.1. The summed E-state index contributed by atoms with van der Waals surface area (Å²) in [7, 11) is 2.11. The number of aliphatic hydroxyl groups is 1. The lowest BCUT2D eigenvalue weighted by Crippen LogP contribution is -2.29. The lowest BCUT2D eigenvalue weighted by Gasteiger charge is -2.29. The highest BCUT2D eigenvalue weighted by atomic mass is 16.3. The summed E-state index contributed by atoms with van der Waals surface area (Å²) in [6.07, 6.45) is 7.57. The molecule has 3 atom stereocenters. The van der Waals surface area contributed by atoms with Crippen LogP contribution in [0.3, 0.4) is 0 Å². The maximum atomic E-state index is 9.62. The zero-order valence-electron chi connectivity index (χ0n) is 13.4. The summed E-state index contributed by atoms with van der Waals surface area (Å²) in [5, 5.41) is 9.62. The third kappa shape index (κ3) is 2.91. The van der Waals surface area contributed by atoms with Gasteiger partial charge >= 0.3 is 0 Å². The Labute approximate surface area is 127 Å². The molecule has 4 heteroatoms. The number of nitrogens with zero attached hydrogens (tertiary/aromatic N) is 3. The number of hydrogen-bond acceptors (Lipinski definition) is 4. The van der Waals surface area contributed by atoms with Crippen LogP contribution in [0, 0.1) is 17.8 Å². The zero-order valence-corrected chi connectivity index (χ0v) is 13.4. The van der Waals surface area contributed by atoms with E-state index in [4.69, 9.17) is 0 Å². The van der Waals surface area contributed by atoms with Crippen molar-refractivity contribution in [2.75, 3.05) is 18.5 Å². The second-order valence-electron chi connectivity index (χ2n) is 7.19. The monoisotopic (exact) mass is 289 g/mol. The van der Waals surface area contributed by atoms with E-state index in [2.05, 4.69) is 35.8 Å². The molecular weight excluding hydrogens is 262 g/mol. The van der Waals surface area contributed by atoms with Gasteiger partial charge in [0.15, 0.2) is 0 Å². The van der Waals surface area contributed by atoms with E-state index in [0.29, 0.717) is 5.92 Å². The third-order valence-electron chi connectivity index (χ3n) is 5.33. The van der Waals surface area contributed by atoms with Crippen molar-refractivity contribution in [2.24, 2.45) is 17.8 Å². The van der Waals surface area contributed by atoms with Gasteiger partial charge in [-0.05, 0) is 37.0 Å². The molecule has 21 heavy (non-hydrogen) atoms. The molecule has 2 fully saturated rings. The van der Waals surface area contributed by atoms with Crippen molar-refractivity contribution in [3.8, 4) is 0 Å². The molecule has 2 saturated carbocycles. The highest BCUT2D eigenvalue weighted by Crippen LogP contribution is 2.48. The van der Waals surface area contributed by atoms with Crippen molar-refractivity contribution < 1.29 is 5.11 Å². The van der Waals surface area contributed by atoms with Crippen molar-refractivity contribution in [2.45, 2.75) is 52.1 Å². The second-order valence-corrected chi connectivity index (χ2v) is 7.19. The SMILES string of the molecule is CC(C)c1ncc(N(C)CC2CC3CCC2C3)c(CO)n1. The van der Waals surface area contributed by atoms with Crippen LogP contribution < -0.4 is 4.90 Å². The Kier molecular flexibility index (Phi) is 4.16. The van der Waals surface area contributed by atoms with Gasteiger partial charge in [-0.25, -0.2) is 9.97 Å². The Morgan fingerprint density at radius 2 is 2.14 bits per heavy atom. The Balaban J connectivity index is 1.73. The van der Waals surface area contributed by atoms with E-state index in [1.807, 2.05) is 6.20 Å². The molecule has 2 aliphatic carbocycles. The molecule has 116 valence electrons. The molecule has 1 aromatic heterocycles. The molecule has 1 heterocycles. The molecule has 0 aromatic carbocycles. The van der Waals surface area contributed by atoms with Gasteiger partial charge in [-0.2, -0.15) is 0 Å². The highest BCUT2D eigenvalue weighted by molar-refractivity contribution is 5.48. The predicted octanol–water partition coefficient (Wildman–Crippen LogP) is 2.96. The van der Waals surface area contributed by atoms with E-state index in [-0.39, 0.29) is 6.61 Å². The second kappa shape index (κ2) is 5.91. The van der Waals surface area contributed by atoms with Crippen molar-refractivity contribution in [3.63, 3.8) is 0 Å². The molecule has 0 saturated heterocycles. The van der Waals surface area contributed by atoms with Crippen LogP contribution in [0.5, 0.6) is 0 Å². The van der Waals surface area contributed by atoms with Gasteiger partial charge in [0.2, 0.25) is 0 Å². The predicted molar refractivity (Wildman–Crippen MR) is 84.3 cm³/mol. The summed E-state index contributed by atoms with van der Waals surface area (Å²) in [4.78, 5) is 11.2. The molecule has 4 nitrogen and oxygen atoms in total. The third-order valence-corrected chi connectivity index (χ3v) is 5.33. The molecule has 1 aromatic rings. The summed E-state index contributed by atoms with van der Waals surface area (Å²) < 4.78 is 0. The molecule has 0 radical (unpaired) electrons. The van der Waals surface area contributed by atoms with Gasteiger partial charge in [0.1, 0.15) is 5.82 Å². The van der Waals surface area contributed by atoms with Gasteiger partial charge in [-0.1, -0.05) is 20.3 Å². The summed E-state index contributed by atoms with van der Waals surface area (Å²) in [5.74, 6) is 3.82. The largest absolute Gasteiger partial charge is 0.390 e. The van der Waals surface area contributed by atoms with E-state index >= 15 is 0 Å². The van der Waals surface area contributed by atoms with E-state index < -0.39 is 0 Å². The number of aromatic nitrogens is 2. The normalized spacial score (nSPS) is 27.6. The molecule has 0 spiro atoms. The van der Waals surface area contributed by atoms with Crippen LogP contribution in [-0.4, -0.2) is 28.7 Å². The molecule has 2 bridgehead atoms. The van der Waals surface area contributed by atoms with Crippen LogP contribution >= 0.6 is 0 Å². The van der Waals surface area contributed by atoms with Crippen molar-refractivity contribution >= 4 is 5.69 Å². The van der Waals surface area contributed by atoms with Gasteiger partial charge in [-0.15, -0.1) is 0 Å². The van der Waals surface area contributed by atoms with Crippen molar-refractivity contribution in [1.82, 2.24) is 9.97 Å². The van der Waals surface area contributed by atoms with Crippen LogP contribution in [0.25, 0.3) is 0 Å². The van der Waals surface area contributed by atoms with Crippen LogP contribution in [0.15, 0.2) is 6.20 Å². The van der Waals surface area contributed by atoms with Gasteiger partial charge in [0.25, 0.3) is 0 Å². The minimum Gasteiger partial charge on any atom is -0.390 e. The highest BCUT2D eigenvalue weighted by Gasteiger charge is 2.39. The average Bonchev–Trinajstić information content (AvgIpc) is 3.08. The van der Waals surface area contributed by atoms with Crippen LogP contribution in [0.4, 0.5) is 5.69 Å². The van der Waals surface area contributed by atoms with Gasteiger partial charge < -0.3 is 10.0 Å². The van der Waals surface area contributed by atoms with Crippen LogP contribution in [0.1, 0.15) is 57.0 Å². The molecule has 3 rings (SSSR count). The molecule has 1 N–H and O–H groups in total. The topological polar surface area (TPSA) is 49.2 Å². The summed E-state index contributed by atoms with van der Waals surface area (Å²) in [5.41, 5.74) is 1.75. The fourth-order valence-electron chi connectivity index (χ4n) is 4.19. The fraction of sp³-hybridized carbons (Fsp3) is 0.765. The zero-order chi connectivity index (χ0) is 15.0. The van der Waals surface area contributed by atoms with Crippen LogP contribution in [0.2, 0.25) is 0 Å². The lowest BCUT2D eigenvalue weighted by atomic mass is 9.88. The number of aliphatic hydroxyl groups excluding tert-OH is 1. The summed E-state index contributed by atoms with van der Waals surface area (Å²) >= 11 is 0. The molecular formula is C17H27N3O. The standard InChI is InChI=1S/C17H27N3O/c1-11(2)17-18-8-16(15(10-21)19-17)20(3)9-14-7-12-4-5-13(14)6-12/h8,11-14,21H,4-7,9-10H2,1-3H3. The number of fused-ring (bicyclic) bond motifs is 2. The first-order valence-electron chi connectivity index (χ1n) is 8.26. The van der Waals surface area contributed by atoms with Crippen molar-refractivity contribution in [1.29, 1.82) is 0 Å². The summed E-state index contributed by atoms with van der Waals surface area (Å²) in [6.45, 7) is 5.21. The smallest absolute Gasteiger partial charge is 0.131 e. The van der Waals surface area contributed by atoms with E-state index in [0.717, 1.165) is 41.5 Å². The first kappa shape index (κ1) is 14.8. The maximum Gasteiger partial charge on any atom is 0.131 e. The van der Waals surface area contributed by atoms with Crippen molar-refractivity contribution in [3.05, 3.63) is 17.7 Å².